The fraction of sp³-hybridized carbons (Fsp3) is 0.500. The molecule has 2 aromatic rings. The predicted octanol–water partition coefficient (Wildman–Crippen LogP) is 4.64. The quantitative estimate of drug-likeness (QED) is 0.561. The molecule has 1 aromatic carbocycles. The zero-order valence-electron chi connectivity index (χ0n) is 17.3. The smallest absolute Gasteiger partial charge is 0.338 e. The lowest BCUT2D eigenvalue weighted by Gasteiger charge is -2.54. The summed E-state index contributed by atoms with van der Waals surface area (Å²) < 4.78 is 5.18. The molecule has 4 aliphatic rings. The van der Waals surface area contributed by atoms with Crippen LogP contribution in [0.5, 0.6) is 0 Å². The molecule has 4 bridgehead atoms. The zero-order valence-corrected chi connectivity index (χ0v) is 17.3. The van der Waals surface area contributed by atoms with Crippen molar-refractivity contribution >= 4 is 23.6 Å². The molecule has 30 heavy (non-hydrogen) atoms. The van der Waals surface area contributed by atoms with Crippen LogP contribution in [-0.4, -0.2) is 34.8 Å². The Morgan fingerprint density at radius 3 is 2.50 bits per heavy atom. The molecule has 4 saturated carbocycles. The second-order valence-electron chi connectivity index (χ2n) is 8.98. The molecular formula is C24H28N4O2. The highest BCUT2D eigenvalue weighted by Crippen LogP contribution is 2.54. The fourth-order valence-electron chi connectivity index (χ4n) is 5.96. The van der Waals surface area contributed by atoms with Crippen molar-refractivity contribution in [1.29, 1.82) is 0 Å². The summed E-state index contributed by atoms with van der Waals surface area (Å²) in [7, 11) is 0. The van der Waals surface area contributed by atoms with Crippen molar-refractivity contribution in [3.05, 3.63) is 48.0 Å². The number of nitrogens with one attached hydrogen (secondary N) is 1. The Morgan fingerprint density at radius 1 is 1.13 bits per heavy atom. The Labute approximate surface area is 177 Å². The second-order valence-corrected chi connectivity index (χ2v) is 8.98. The average molecular weight is 405 g/mol. The van der Waals surface area contributed by atoms with E-state index in [-0.39, 0.29) is 5.97 Å². The first-order valence-electron chi connectivity index (χ1n) is 11.1. The molecule has 0 saturated heterocycles. The van der Waals surface area contributed by atoms with E-state index in [0.29, 0.717) is 18.2 Å². The number of aliphatic imine (C=N–C) groups is 1. The van der Waals surface area contributed by atoms with Crippen molar-refractivity contribution in [2.75, 3.05) is 11.9 Å². The maximum atomic E-state index is 12.3. The topological polar surface area (TPSA) is 76.5 Å². The minimum atomic E-state index is -0.321. The summed E-state index contributed by atoms with van der Waals surface area (Å²) in [5.74, 6) is 3.06. The molecule has 0 spiro atoms. The van der Waals surface area contributed by atoms with Gasteiger partial charge in [0.05, 0.1) is 23.5 Å². The maximum absolute atomic E-state index is 12.3. The van der Waals surface area contributed by atoms with Crippen LogP contribution < -0.4 is 5.32 Å². The average Bonchev–Trinajstić information content (AvgIpc) is 2.75. The van der Waals surface area contributed by atoms with Crippen molar-refractivity contribution in [1.82, 2.24) is 9.97 Å². The molecule has 4 fully saturated rings. The number of ether oxygens (including phenoxy) is 1. The molecule has 0 radical (unpaired) electrons. The lowest BCUT2D eigenvalue weighted by molar-refractivity contribution is 0.00755. The third-order valence-corrected chi connectivity index (χ3v) is 6.99. The summed E-state index contributed by atoms with van der Waals surface area (Å²) in [6.45, 7) is 2.17. The normalized spacial score (nSPS) is 29.3. The summed E-state index contributed by atoms with van der Waals surface area (Å²) in [5, 5.41) is 3.83. The van der Waals surface area contributed by atoms with Crippen LogP contribution in [0.4, 0.5) is 11.4 Å². The van der Waals surface area contributed by atoms with E-state index in [2.05, 4.69) is 20.3 Å². The number of hydrogen-bond donors (Lipinski definition) is 1. The molecule has 0 aliphatic heterocycles. The van der Waals surface area contributed by atoms with E-state index in [1.54, 1.807) is 18.6 Å². The third kappa shape index (κ3) is 3.83. The number of carbonyl (C=O) groups excluding carboxylic acids is 1. The van der Waals surface area contributed by atoms with Gasteiger partial charge in [-0.15, -0.1) is 0 Å². The molecule has 1 aromatic heterocycles. The van der Waals surface area contributed by atoms with Gasteiger partial charge in [-0.1, -0.05) is 0 Å². The number of nitrogens with zero attached hydrogens (tertiary/aromatic N) is 3. The van der Waals surface area contributed by atoms with Crippen LogP contribution in [0.25, 0.3) is 0 Å². The Hall–Kier alpha value is -2.76. The van der Waals surface area contributed by atoms with Gasteiger partial charge in [0, 0.05) is 30.2 Å². The van der Waals surface area contributed by atoms with Gasteiger partial charge in [-0.2, -0.15) is 0 Å². The summed E-state index contributed by atoms with van der Waals surface area (Å²) in [5.41, 5.74) is 3.07. The van der Waals surface area contributed by atoms with Gasteiger partial charge in [0.15, 0.2) is 0 Å². The van der Waals surface area contributed by atoms with Crippen LogP contribution >= 0.6 is 0 Å². The highest BCUT2D eigenvalue weighted by molar-refractivity contribution is 5.93. The van der Waals surface area contributed by atoms with E-state index in [0.717, 1.165) is 40.6 Å². The highest BCUT2D eigenvalue weighted by Gasteiger charge is 2.48. The molecule has 0 unspecified atom stereocenters. The lowest BCUT2D eigenvalue weighted by atomic mass is 9.54. The van der Waals surface area contributed by atoms with E-state index >= 15 is 0 Å². The molecule has 156 valence electrons. The Morgan fingerprint density at radius 2 is 1.83 bits per heavy atom. The molecule has 6 nitrogen and oxygen atoms in total. The van der Waals surface area contributed by atoms with E-state index < -0.39 is 0 Å². The number of benzene rings is 1. The minimum absolute atomic E-state index is 0.321. The van der Waals surface area contributed by atoms with Crippen LogP contribution in [0.3, 0.4) is 0 Å². The number of esters is 1. The van der Waals surface area contributed by atoms with Crippen molar-refractivity contribution in [2.45, 2.75) is 45.1 Å². The van der Waals surface area contributed by atoms with Crippen molar-refractivity contribution in [3.8, 4) is 0 Å². The lowest BCUT2D eigenvalue weighted by Crippen LogP contribution is -2.51. The molecule has 0 amide bonds. The summed E-state index contributed by atoms with van der Waals surface area (Å²) >= 11 is 0. The van der Waals surface area contributed by atoms with Gasteiger partial charge in [-0.3, -0.25) is 4.99 Å². The summed E-state index contributed by atoms with van der Waals surface area (Å²) in [4.78, 5) is 25.0. The number of hydrogen-bond acceptors (Lipinski definition) is 6. The maximum Gasteiger partial charge on any atom is 0.338 e. The molecule has 0 atom stereocenters. The summed E-state index contributed by atoms with van der Waals surface area (Å²) in [6, 6.07) is 6.13. The van der Waals surface area contributed by atoms with Gasteiger partial charge in [0.2, 0.25) is 0 Å². The van der Waals surface area contributed by atoms with Gasteiger partial charge < -0.3 is 10.1 Å². The number of aromatic nitrogens is 2. The summed E-state index contributed by atoms with van der Waals surface area (Å²) in [6.07, 6.45) is 13.5. The van der Waals surface area contributed by atoms with Crippen LogP contribution in [0.15, 0.2) is 41.9 Å². The first-order chi connectivity index (χ1) is 14.7. The Balaban J connectivity index is 1.43. The standard InChI is InChI=1S/C24H28N4O2/c1-2-30-24(29)18-3-4-21(22(10-18)27-13-17-11-25-14-26-12-17)28-23-19-6-15-5-16(8-19)9-20(23)7-15/h3-4,10-16,19-20,23,28H,2,5-9H2,1H3. The zero-order chi connectivity index (χ0) is 20.5. The number of carbonyl (C=O) groups is 1. The first-order valence-corrected chi connectivity index (χ1v) is 11.1. The largest absolute Gasteiger partial charge is 0.462 e. The van der Waals surface area contributed by atoms with Crippen molar-refractivity contribution in [3.63, 3.8) is 0 Å². The van der Waals surface area contributed by atoms with E-state index in [1.807, 2.05) is 25.1 Å². The van der Waals surface area contributed by atoms with Gasteiger partial charge in [-0.05, 0) is 80.9 Å². The Kier molecular flexibility index (Phi) is 5.23. The van der Waals surface area contributed by atoms with Crippen molar-refractivity contribution in [2.24, 2.45) is 28.7 Å². The van der Waals surface area contributed by atoms with Crippen LogP contribution in [-0.2, 0) is 4.74 Å². The van der Waals surface area contributed by atoms with E-state index in [1.165, 1.54) is 38.4 Å². The molecule has 1 heterocycles. The monoisotopic (exact) mass is 404 g/mol. The van der Waals surface area contributed by atoms with Gasteiger partial charge in [0.1, 0.15) is 6.33 Å². The van der Waals surface area contributed by atoms with Crippen LogP contribution in [0.1, 0.15) is 54.9 Å². The molecule has 4 aliphatic carbocycles. The number of anilines is 1. The van der Waals surface area contributed by atoms with Gasteiger partial charge >= 0.3 is 5.97 Å². The molecular weight excluding hydrogens is 376 g/mol. The van der Waals surface area contributed by atoms with E-state index in [4.69, 9.17) is 4.74 Å². The second kappa shape index (κ2) is 8.17. The van der Waals surface area contributed by atoms with E-state index in [9.17, 15) is 4.79 Å². The first kappa shape index (κ1) is 19.2. The van der Waals surface area contributed by atoms with Gasteiger partial charge in [-0.25, -0.2) is 14.8 Å². The predicted molar refractivity (Wildman–Crippen MR) is 116 cm³/mol. The molecule has 6 heteroatoms. The molecule has 6 rings (SSSR count). The third-order valence-electron chi connectivity index (χ3n) is 6.99. The minimum Gasteiger partial charge on any atom is -0.462 e. The van der Waals surface area contributed by atoms with Crippen molar-refractivity contribution < 1.29 is 9.53 Å². The van der Waals surface area contributed by atoms with Crippen LogP contribution in [0, 0.1) is 23.7 Å². The SMILES string of the molecule is CCOC(=O)c1ccc(NC2C3CC4CC(C3)CC2C4)c(N=Cc2cncnc2)c1. The van der Waals surface area contributed by atoms with Gasteiger partial charge in [0.25, 0.3) is 0 Å². The highest BCUT2D eigenvalue weighted by atomic mass is 16.5. The fourth-order valence-corrected chi connectivity index (χ4v) is 5.96. The molecule has 1 N–H and O–H groups in total. The number of rotatable bonds is 6. The van der Waals surface area contributed by atoms with Crippen LogP contribution in [0.2, 0.25) is 0 Å². The Bertz CT molecular complexity index is 915.